The molecule has 1 aliphatic heterocycles. The third-order valence-corrected chi connectivity index (χ3v) is 5.38. The molecule has 5 nitrogen and oxygen atoms in total. The summed E-state index contributed by atoms with van der Waals surface area (Å²) in [6.45, 7) is 0.876. The van der Waals surface area contributed by atoms with Crippen LogP contribution in [0.2, 0.25) is 0 Å². The minimum atomic E-state index is 0.876. The van der Waals surface area contributed by atoms with E-state index in [1.807, 2.05) is 30.9 Å². The molecule has 0 atom stereocenters. The van der Waals surface area contributed by atoms with Gasteiger partial charge in [-0.2, -0.15) is 0 Å². The Balaban J connectivity index is 1.83. The maximum atomic E-state index is 4.39. The molecule has 5 heteroatoms. The maximum Gasteiger partial charge on any atom is 0.274 e. The predicted octanol–water partition coefficient (Wildman–Crippen LogP) is 3.23. The van der Waals surface area contributed by atoms with Crippen LogP contribution in [0.1, 0.15) is 5.56 Å². The van der Waals surface area contributed by atoms with Crippen LogP contribution in [0.4, 0.5) is 0 Å². The highest BCUT2D eigenvalue weighted by molar-refractivity contribution is 6.06. The zero-order chi connectivity index (χ0) is 17.3. The second kappa shape index (κ2) is 4.79. The summed E-state index contributed by atoms with van der Waals surface area (Å²) in [7, 11) is 2.14. The van der Waals surface area contributed by atoms with Crippen LogP contribution in [0.15, 0.2) is 67.3 Å². The van der Waals surface area contributed by atoms with Crippen LogP contribution in [0.25, 0.3) is 39.1 Å². The van der Waals surface area contributed by atoms with E-state index in [2.05, 4.69) is 67.1 Å². The van der Waals surface area contributed by atoms with Gasteiger partial charge >= 0.3 is 0 Å². The molecule has 0 N–H and O–H groups in total. The molecule has 124 valence electrons. The number of hydrogen-bond acceptors (Lipinski definition) is 2. The summed E-state index contributed by atoms with van der Waals surface area (Å²) in [4.78, 5) is 8.74. The van der Waals surface area contributed by atoms with Crippen molar-refractivity contribution in [2.45, 2.75) is 6.54 Å². The number of rotatable bonds is 1. The molecule has 26 heavy (non-hydrogen) atoms. The number of pyridine rings is 2. The molecule has 0 amide bonds. The topological polar surface area (TPSA) is 39.5 Å². The number of imidazole rings is 1. The Morgan fingerprint density at radius 1 is 0.962 bits per heavy atom. The molecule has 4 aromatic heterocycles. The minimum Gasteiger partial charge on any atom is -0.264 e. The molecule has 1 aromatic carbocycles. The number of para-hydroxylation sites is 1. The summed E-state index contributed by atoms with van der Waals surface area (Å²) < 4.78 is 7.00. The summed E-state index contributed by atoms with van der Waals surface area (Å²) >= 11 is 0. The first kappa shape index (κ1) is 13.8. The Kier molecular flexibility index (Phi) is 2.54. The molecule has 0 fully saturated rings. The molecule has 5 heterocycles. The second-order valence-electron chi connectivity index (χ2n) is 6.74. The van der Waals surface area contributed by atoms with Gasteiger partial charge < -0.3 is 0 Å². The van der Waals surface area contributed by atoms with E-state index < -0.39 is 0 Å². The van der Waals surface area contributed by atoms with E-state index in [0.717, 1.165) is 17.7 Å². The number of fused-ring (bicyclic) bond motifs is 7. The zero-order valence-electron chi connectivity index (χ0n) is 14.3. The predicted molar refractivity (Wildman–Crippen MR) is 100 cm³/mol. The van der Waals surface area contributed by atoms with Gasteiger partial charge in [-0.1, -0.05) is 18.2 Å². The molecule has 0 bridgehead atoms. The van der Waals surface area contributed by atoms with Crippen molar-refractivity contribution in [1.29, 1.82) is 0 Å². The molecule has 5 aromatic rings. The smallest absolute Gasteiger partial charge is 0.264 e. The third-order valence-electron chi connectivity index (χ3n) is 5.38. The summed E-state index contributed by atoms with van der Waals surface area (Å²) in [6.07, 6.45) is 7.68. The lowest BCUT2D eigenvalue weighted by Gasteiger charge is -2.03. The van der Waals surface area contributed by atoms with Crippen LogP contribution in [-0.2, 0) is 13.6 Å². The van der Waals surface area contributed by atoms with E-state index in [1.54, 1.807) is 0 Å². The maximum absolute atomic E-state index is 4.39. The van der Waals surface area contributed by atoms with Gasteiger partial charge in [-0.3, -0.25) is 9.97 Å². The Hall–Kier alpha value is -3.47. The molecule has 6 rings (SSSR count). The first-order valence-electron chi connectivity index (χ1n) is 8.70. The highest BCUT2D eigenvalue weighted by atomic mass is 15.2. The normalized spacial score (nSPS) is 12.7. The van der Waals surface area contributed by atoms with Crippen LogP contribution < -0.4 is 4.57 Å². The van der Waals surface area contributed by atoms with Crippen LogP contribution >= 0.6 is 0 Å². The molecule has 0 spiro atoms. The Morgan fingerprint density at radius 2 is 1.77 bits per heavy atom. The van der Waals surface area contributed by atoms with Gasteiger partial charge in [-0.25, -0.2) is 13.7 Å². The first-order valence-corrected chi connectivity index (χ1v) is 8.70. The van der Waals surface area contributed by atoms with Gasteiger partial charge in [0.2, 0.25) is 5.82 Å². The van der Waals surface area contributed by atoms with Crippen molar-refractivity contribution < 1.29 is 4.57 Å². The highest BCUT2D eigenvalue weighted by Crippen LogP contribution is 2.37. The summed E-state index contributed by atoms with van der Waals surface area (Å²) in [6, 6.07) is 14.7. The van der Waals surface area contributed by atoms with Crippen molar-refractivity contribution >= 4 is 22.1 Å². The van der Waals surface area contributed by atoms with Gasteiger partial charge in [0, 0.05) is 24.2 Å². The largest absolute Gasteiger partial charge is 0.274 e. The fourth-order valence-corrected chi connectivity index (χ4v) is 4.32. The Labute approximate surface area is 149 Å². The van der Waals surface area contributed by atoms with Crippen molar-refractivity contribution in [3.8, 4) is 17.1 Å². The van der Waals surface area contributed by atoms with Crippen molar-refractivity contribution in [3.05, 3.63) is 72.8 Å². The third kappa shape index (κ3) is 1.57. The van der Waals surface area contributed by atoms with Crippen LogP contribution in [-0.4, -0.2) is 19.1 Å². The van der Waals surface area contributed by atoms with Crippen LogP contribution in [0, 0.1) is 0 Å². The number of nitrogens with zero attached hydrogens (tertiary/aromatic N) is 5. The summed E-state index contributed by atoms with van der Waals surface area (Å²) in [5.41, 5.74) is 7.24. The van der Waals surface area contributed by atoms with E-state index in [9.17, 15) is 0 Å². The number of benzene rings is 1. The minimum absolute atomic E-state index is 0.876. The van der Waals surface area contributed by atoms with Gasteiger partial charge in [0.15, 0.2) is 5.52 Å². The second-order valence-corrected chi connectivity index (χ2v) is 6.74. The molecular formula is C21H16N5+. The lowest BCUT2D eigenvalue weighted by Crippen LogP contribution is -2.31. The highest BCUT2D eigenvalue weighted by Gasteiger charge is 2.35. The van der Waals surface area contributed by atoms with E-state index in [1.165, 1.54) is 33.5 Å². The molecule has 0 unspecified atom stereocenters. The molecule has 1 aliphatic rings. The molecule has 0 radical (unpaired) electrons. The van der Waals surface area contributed by atoms with Crippen molar-refractivity contribution in [2.75, 3.05) is 0 Å². The monoisotopic (exact) mass is 338 g/mol. The lowest BCUT2D eigenvalue weighted by molar-refractivity contribution is -0.636. The van der Waals surface area contributed by atoms with Crippen molar-refractivity contribution in [2.24, 2.45) is 7.05 Å². The zero-order valence-corrected chi connectivity index (χ0v) is 14.3. The van der Waals surface area contributed by atoms with Crippen molar-refractivity contribution in [3.63, 3.8) is 0 Å². The number of hydrogen-bond donors (Lipinski definition) is 0. The van der Waals surface area contributed by atoms with E-state index in [0.29, 0.717) is 0 Å². The standard InChI is InChI=1S/C21H16N5/c1-24-20-17-11-22-9-7-14(17)13-25(20)19-16-8-10-23-12-18(16)26(21(19)24)15-5-3-2-4-6-15/h2-12H,13H2,1H3/q+1. The van der Waals surface area contributed by atoms with Gasteiger partial charge in [0.05, 0.1) is 30.7 Å². The molecule has 0 saturated heterocycles. The number of aryl methyl sites for hydroxylation is 1. The summed E-state index contributed by atoms with van der Waals surface area (Å²) in [5.74, 6) is 1.21. The quantitative estimate of drug-likeness (QED) is 0.432. The first-order chi connectivity index (χ1) is 12.8. The lowest BCUT2D eigenvalue weighted by atomic mass is 10.2. The average Bonchev–Trinajstić information content (AvgIpc) is 3.31. The Bertz CT molecular complexity index is 1310. The van der Waals surface area contributed by atoms with E-state index in [-0.39, 0.29) is 0 Å². The van der Waals surface area contributed by atoms with Crippen molar-refractivity contribution in [1.82, 2.24) is 19.1 Å². The molecular weight excluding hydrogens is 322 g/mol. The van der Waals surface area contributed by atoms with E-state index in [4.69, 9.17) is 0 Å². The average molecular weight is 338 g/mol. The van der Waals surface area contributed by atoms with Gasteiger partial charge in [-0.05, 0) is 24.3 Å². The van der Waals surface area contributed by atoms with Crippen LogP contribution in [0.5, 0.6) is 0 Å². The van der Waals surface area contributed by atoms with Crippen LogP contribution in [0.3, 0.4) is 0 Å². The number of aromatic nitrogens is 5. The van der Waals surface area contributed by atoms with Gasteiger partial charge in [0.25, 0.3) is 5.65 Å². The van der Waals surface area contributed by atoms with E-state index >= 15 is 0 Å². The molecule has 0 aliphatic carbocycles. The molecule has 0 saturated carbocycles. The Morgan fingerprint density at radius 3 is 2.65 bits per heavy atom. The fraction of sp³-hybridized carbons (Fsp3) is 0.0952. The SMILES string of the molecule is C[n+]1c2n(c3c4ccncc4n(-c4ccccc4)c31)Cc1ccncc1-2. The fourth-order valence-electron chi connectivity index (χ4n) is 4.32. The summed E-state index contributed by atoms with van der Waals surface area (Å²) in [5, 5.41) is 1.22. The van der Waals surface area contributed by atoms with Gasteiger partial charge in [-0.15, -0.1) is 0 Å². The van der Waals surface area contributed by atoms with Gasteiger partial charge in [0.1, 0.15) is 11.2 Å².